The molecule has 0 aromatic heterocycles. The monoisotopic (exact) mass is 369 g/mol. The fraction of sp³-hybridized carbons (Fsp3) is 0.250. The van der Waals surface area contributed by atoms with Gasteiger partial charge in [-0.1, -0.05) is 6.07 Å². The molecule has 142 valence electrons. The lowest BCUT2D eigenvalue weighted by Gasteiger charge is -2.07. The number of aromatic hydroxyl groups is 1. The fourth-order valence-corrected chi connectivity index (χ4v) is 2.29. The summed E-state index contributed by atoms with van der Waals surface area (Å²) in [5.41, 5.74) is 5.90. The van der Waals surface area contributed by atoms with Gasteiger partial charge in [-0.3, -0.25) is 9.59 Å². The Bertz CT molecular complexity index is 862. The van der Waals surface area contributed by atoms with Gasteiger partial charge >= 0.3 is 0 Å². The summed E-state index contributed by atoms with van der Waals surface area (Å²) in [7, 11) is 1.46. The Morgan fingerprint density at radius 2 is 1.81 bits per heavy atom. The van der Waals surface area contributed by atoms with Crippen molar-refractivity contribution in [2.75, 3.05) is 12.4 Å². The smallest absolute Gasteiger partial charge is 0.240 e. The number of aryl methyl sites for hydroxylation is 2. The van der Waals surface area contributed by atoms with Crippen LogP contribution in [0.5, 0.6) is 11.5 Å². The molecule has 0 saturated heterocycles. The van der Waals surface area contributed by atoms with E-state index in [1.54, 1.807) is 12.1 Å². The molecule has 0 atom stereocenters. The number of hydrazone groups is 1. The van der Waals surface area contributed by atoms with Crippen molar-refractivity contribution in [2.24, 2.45) is 5.10 Å². The molecular weight excluding hydrogens is 346 g/mol. The van der Waals surface area contributed by atoms with Crippen molar-refractivity contribution in [1.82, 2.24) is 5.43 Å². The first-order chi connectivity index (χ1) is 12.9. The zero-order valence-electron chi connectivity index (χ0n) is 15.6. The number of carbonyl (C=O) groups is 2. The van der Waals surface area contributed by atoms with Gasteiger partial charge in [0, 0.05) is 18.5 Å². The molecule has 27 heavy (non-hydrogen) atoms. The summed E-state index contributed by atoms with van der Waals surface area (Å²) in [4.78, 5) is 23.7. The summed E-state index contributed by atoms with van der Waals surface area (Å²) in [5, 5.41) is 16.3. The quantitative estimate of drug-likeness (QED) is 0.516. The van der Waals surface area contributed by atoms with E-state index in [0.29, 0.717) is 17.0 Å². The van der Waals surface area contributed by atoms with E-state index in [4.69, 9.17) is 4.74 Å². The highest BCUT2D eigenvalue weighted by atomic mass is 16.5. The maximum atomic E-state index is 11.9. The number of benzene rings is 2. The minimum atomic E-state index is -0.376. The maximum absolute atomic E-state index is 11.9. The van der Waals surface area contributed by atoms with Crippen molar-refractivity contribution in [2.45, 2.75) is 26.7 Å². The standard InChI is InChI=1S/C20H23N3O4/c1-13-4-6-16(10-14(13)2)22-19(25)8-9-20(26)23-21-12-15-5-7-18(27-3)17(24)11-15/h4-7,10-12,24H,8-9H2,1-3H3,(H,22,25)(H,23,26)/b21-12+. The molecule has 0 aliphatic heterocycles. The molecular formula is C20H23N3O4. The van der Waals surface area contributed by atoms with Gasteiger partial charge in [0.1, 0.15) is 0 Å². The number of nitrogens with one attached hydrogen (secondary N) is 2. The molecule has 7 nitrogen and oxygen atoms in total. The minimum absolute atomic E-state index is 0.0158. The molecule has 0 fully saturated rings. The van der Waals surface area contributed by atoms with Crippen LogP contribution in [0.3, 0.4) is 0 Å². The number of anilines is 1. The van der Waals surface area contributed by atoms with Crippen LogP contribution in [-0.2, 0) is 9.59 Å². The molecule has 2 aromatic rings. The van der Waals surface area contributed by atoms with Crippen LogP contribution in [0.1, 0.15) is 29.5 Å². The average Bonchev–Trinajstić information content (AvgIpc) is 2.63. The highest BCUT2D eigenvalue weighted by Gasteiger charge is 2.07. The Morgan fingerprint density at radius 3 is 2.48 bits per heavy atom. The van der Waals surface area contributed by atoms with E-state index < -0.39 is 0 Å². The normalized spacial score (nSPS) is 10.6. The Hall–Kier alpha value is -3.35. The van der Waals surface area contributed by atoms with E-state index in [1.807, 2.05) is 32.0 Å². The van der Waals surface area contributed by atoms with Crippen LogP contribution < -0.4 is 15.5 Å². The topological polar surface area (TPSA) is 100 Å². The van der Waals surface area contributed by atoms with Crippen LogP contribution in [0, 0.1) is 13.8 Å². The number of amides is 2. The van der Waals surface area contributed by atoms with Crippen molar-refractivity contribution < 1.29 is 19.4 Å². The highest BCUT2D eigenvalue weighted by molar-refractivity contribution is 5.93. The van der Waals surface area contributed by atoms with Gasteiger partial charge in [0.15, 0.2) is 11.5 Å². The van der Waals surface area contributed by atoms with Gasteiger partial charge in [-0.05, 0) is 60.9 Å². The first-order valence-corrected chi connectivity index (χ1v) is 8.45. The predicted octanol–water partition coefficient (Wildman–Crippen LogP) is 2.89. The molecule has 0 aliphatic rings. The molecule has 0 aliphatic carbocycles. The lowest BCUT2D eigenvalue weighted by Crippen LogP contribution is -2.20. The predicted molar refractivity (Wildman–Crippen MR) is 104 cm³/mol. The number of hydrogen-bond donors (Lipinski definition) is 3. The third-order valence-corrected chi connectivity index (χ3v) is 3.98. The number of ether oxygens (including phenoxy) is 1. The molecule has 0 radical (unpaired) electrons. The fourth-order valence-electron chi connectivity index (χ4n) is 2.29. The van der Waals surface area contributed by atoms with Crippen molar-refractivity contribution in [1.29, 1.82) is 0 Å². The van der Waals surface area contributed by atoms with Gasteiger partial charge in [0.2, 0.25) is 11.8 Å². The van der Waals surface area contributed by atoms with Crippen molar-refractivity contribution in [3.8, 4) is 11.5 Å². The lowest BCUT2D eigenvalue weighted by molar-refractivity contribution is -0.124. The van der Waals surface area contributed by atoms with Crippen molar-refractivity contribution >= 4 is 23.7 Å². The van der Waals surface area contributed by atoms with E-state index in [1.165, 1.54) is 19.4 Å². The molecule has 2 rings (SSSR count). The summed E-state index contributed by atoms with van der Waals surface area (Å²) in [6, 6.07) is 10.4. The summed E-state index contributed by atoms with van der Waals surface area (Å²) in [5.74, 6) is -0.279. The third-order valence-electron chi connectivity index (χ3n) is 3.98. The molecule has 0 bridgehead atoms. The van der Waals surface area contributed by atoms with Gasteiger partial charge in [0.05, 0.1) is 13.3 Å². The first kappa shape index (κ1) is 20.0. The molecule has 2 aromatic carbocycles. The highest BCUT2D eigenvalue weighted by Crippen LogP contribution is 2.25. The number of carbonyl (C=O) groups excluding carboxylic acids is 2. The van der Waals surface area contributed by atoms with E-state index in [0.717, 1.165) is 11.1 Å². The second-order valence-corrected chi connectivity index (χ2v) is 6.07. The Kier molecular flexibility index (Phi) is 6.93. The van der Waals surface area contributed by atoms with Gasteiger partial charge in [-0.15, -0.1) is 0 Å². The van der Waals surface area contributed by atoms with Gasteiger partial charge in [-0.2, -0.15) is 5.10 Å². The summed E-state index contributed by atoms with van der Waals surface area (Å²) in [6.45, 7) is 3.97. The van der Waals surface area contributed by atoms with Gasteiger partial charge in [0.25, 0.3) is 0 Å². The van der Waals surface area contributed by atoms with Crippen molar-refractivity contribution in [3.63, 3.8) is 0 Å². The Labute approximate surface area is 158 Å². The van der Waals surface area contributed by atoms with E-state index >= 15 is 0 Å². The van der Waals surface area contributed by atoms with Crippen LogP contribution in [0.4, 0.5) is 5.69 Å². The molecule has 0 heterocycles. The number of rotatable bonds is 7. The Morgan fingerprint density at radius 1 is 1.07 bits per heavy atom. The average molecular weight is 369 g/mol. The second-order valence-electron chi connectivity index (χ2n) is 6.07. The molecule has 0 spiro atoms. The summed E-state index contributed by atoms with van der Waals surface area (Å²) >= 11 is 0. The first-order valence-electron chi connectivity index (χ1n) is 8.45. The van der Waals surface area contributed by atoms with Crippen LogP contribution in [0.15, 0.2) is 41.5 Å². The van der Waals surface area contributed by atoms with E-state index in [2.05, 4.69) is 15.8 Å². The van der Waals surface area contributed by atoms with E-state index in [9.17, 15) is 14.7 Å². The van der Waals surface area contributed by atoms with Gasteiger partial charge < -0.3 is 15.2 Å². The molecule has 2 amide bonds. The van der Waals surface area contributed by atoms with Crippen LogP contribution in [0.2, 0.25) is 0 Å². The van der Waals surface area contributed by atoms with Crippen LogP contribution in [-0.4, -0.2) is 30.2 Å². The number of methoxy groups -OCH3 is 1. The molecule has 7 heteroatoms. The maximum Gasteiger partial charge on any atom is 0.240 e. The largest absolute Gasteiger partial charge is 0.504 e. The van der Waals surface area contributed by atoms with Gasteiger partial charge in [-0.25, -0.2) is 5.43 Å². The minimum Gasteiger partial charge on any atom is -0.504 e. The number of nitrogens with zero attached hydrogens (tertiary/aromatic N) is 1. The summed E-state index contributed by atoms with van der Waals surface area (Å²) in [6.07, 6.45) is 1.46. The SMILES string of the molecule is COc1ccc(/C=N/NC(=O)CCC(=O)Nc2ccc(C)c(C)c2)cc1O. The Balaban J connectivity index is 1.77. The molecule has 3 N–H and O–H groups in total. The zero-order valence-corrected chi connectivity index (χ0v) is 15.6. The molecule has 0 unspecified atom stereocenters. The number of phenolic OH excluding ortho intramolecular Hbond substituents is 1. The summed E-state index contributed by atoms with van der Waals surface area (Å²) < 4.78 is 4.95. The van der Waals surface area contributed by atoms with Crippen molar-refractivity contribution in [3.05, 3.63) is 53.1 Å². The van der Waals surface area contributed by atoms with Crippen LogP contribution >= 0.6 is 0 Å². The number of hydrogen-bond acceptors (Lipinski definition) is 5. The number of phenols is 1. The third kappa shape index (κ3) is 6.14. The van der Waals surface area contributed by atoms with E-state index in [-0.39, 0.29) is 30.4 Å². The van der Waals surface area contributed by atoms with Crippen LogP contribution in [0.25, 0.3) is 0 Å². The molecule has 0 saturated carbocycles. The zero-order chi connectivity index (χ0) is 19.8. The lowest BCUT2D eigenvalue weighted by atomic mass is 10.1. The second kappa shape index (κ2) is 9.38.